The molecule has 0 rings (SSSR count). The van der Waals surface area contributed by atoms with E-state index in [1.54, 1.807) is 0 Å². The summed E-state index contributed by atoms with van der Waals surface area (Å²) in [4.78, 5) is 0. The first kappa shape index (κ1) is 16.4. The average Bonchev–Trinajstić information content (AvgIpc) is 2.06. The van der Waals surface area contributed by atoms with E-state index in [-0.39, 0.29) is 5.48 Å². The molecule has 2 radical (unpaired) electrons. The minimum absolute atomic E-state index is 0. The molecule has 0 saturated heterocycles. The molecule has 0 unspecified atom stereocenters. The minimum Gasteiger partial charge on any atom is -0.351 e. The van der Waals surface area contributed by atoms with Crippen LogP contribution >= 0.6 is 0 Å². The second kappa shape index (κ2) is 9.57. The van der Waals surface area contributed by atoms with Gasteiger partial charge in [0.1, 0.15) is 0 Å². The van der Waals surface area contributed by atoms with Crippen molar-refractivity contribution in [2.75, 3.05) is 26.4 Å². The lowest BCUT2D eigenvalue weighted by Crippen LogP contribution is -2.49. The standard InChI is InChI=1S/C8H20O4Si.O/c1-5-9-13(10-6-2,11-7-3)12-8-4;/h5-8H2,1-4H3;. The van der Waals surface area contributed by atoms with Gasteiger partial charge in [-0.25, -0.2) is 0 Å². The van der Waals surface area contributed by atoms with Gasteiger partial charge in [0.2, 0.25) is 0 Å². The predicted octanol–water partition coefficient (Wildman–Crippen LogP) is 1.45. The van der Waals surface area contributed by atoms with E-state index >= 15 is 0 Å². The third kappa shape index (κ3) is 5.69. The van der Waals surface area contributed by atoms with E-state index in [4.69, 9.17) is 17.7 Å². The Bertz CT molecular complexity index is 92.8. The zero-order valence-corrected chi connectivity index (χ0v) is 10.4. The first-order valence-corrected chi connectivity index (χ1v) is 6.43. The van der Waals surface area contributed by atoms with Gasteiger partial charge < -0.3 is 17.7 Å². The van der Waals surface area contributed by atoms with Gasteiger partial charge in [-0.15, -0.1) is 0 Å². The maximum absolute atomic E-state index is 5.42. The molecule has 0 aromatic carbocycles. The van der Waals surface area contributed by atoms with Crippen LogP contribution in [0.4, 0.5) is 0 Å². The van der Waals surface area contributed by atoms with E-state index in [9.17, 15) is 0 Å². The van der Waals surface area contributed by atoms with Crippen LogP contribution in [0.2, 0.25) is 0 Å². The molecule has 0 N–H and O–H groups in total. The average molecular weight is 224 g/mol. The van der Waals surface area contributed by atoms with E-state index in [2.05, 4.69) is 0 Å². The van der Waals surface area contributed by atoms with E-state index in [1.807, 2.05) is 27.7 Å². The normalized spacial score (nSPS) is 11.1. The zero-order valence-electron chi connectivity index (χ0n) is 9.37. The van der Waals surface area contributed by atoms with Crippen molar-refractivity contribution in [1.82, 2.24) is 0 Å². The third-order valence-corrected chi connectivity index (χ3v) is 3.85. The molecule has 0 fully saturated rings. The van der Waals surface area contributed by atoms with Gasteiger partial charge in [0.25, 0.3) is 0 Å². The van der Waals surface area contributed by atoms with Crippen LogP contribution < -0.4 is 0 Å². The van der Waals surface area contributed by atoms with Crippen LogP contribution in [0.25, 0.3) is 0 Å². The fourth-order valence-electron chi connectivity index (χ4n) is 0.957. The highest BCUT2D eigenvalue weighted by atomic mass is 28.4. The van der Waals surface area contributed by atoms with Gasteiger partial charge >= 0.3 is 9.05 Å². The summed E-state index contributed by atoms with van der Waals surface area (Å²) in [6.07, 6.45) is 0. The fraction of sp³-hybridized carbons (Fsp3) is 1.00. The van der Waals surface area contributed by atoms with Gasteiger partial charge in [-0.3, -0.25) is 0 Å². The van der Waals surface area contributed by atoms with E-state index in [0.717, 1.165) is 0 Å². The molecular formula is C8H20O5Si. The topological polar surface area (TPSA) is 65.4 Å². The van der Waals surface area contributed by atoms with Crippen molar-refractivity contribution in [2.24, 2.45) is 0 Å². The first-order valence-electron chi connectivity index (χ1n) is 4.80. The molecule has 0 aromatic heterocycles. The molecule has 0 aliphatic rings. The Morgan fingerprint density at radius 2 is 0.857 bits per heavy atom. The van der Waals surface area contributed by atoms with Gasteiger partial charge in [0, 0.05) is 31.9 Å². The monoisotopic (exact) mass is 224 g/mol. The van der Waals surface area contributed by atoms with Crippen LogP contribution in [0, 0.1) is 0 Å². The maximum Gasteiger partial charge on any atom is 0.679 e. The molecule has 6 heteroatoms. The Balaban J connectivity index is 0. The Labute approximate surface area is 87.1 Å². The van der Waals surface area contributed by atoms with Crippen molar-refractivity contribution in [3.8, 4) is 0 Å². The van der Waals surface area contributed by atoms with Crippen LogP contribution in [0.3, 0.4) is 0 Å². The molecule has 5 nitrogen and oxygen atoms in total. The van der Waals surface area contributed by atoms with E-state index in [1.165, 1.54) is 0 Å². The second-order valence-corrected chi connectivity index (χ2v) is 4.39. The molecule has 0 aliphatic heterocycles. The molecule has 0 saturated carbocycles. The van der Waals surface area contributed by atoms with E-state index < -0.39 is 9.05 Å². The summed E-state index contributed by atoms with van der Waals surface area (Å²) in [6, 6.07) is 0. The highest BCUT2D eigenvalue weighted by Crippen LogP contribution is 2.11. The molecule has 0 aromatic rings. The van der Waals surface area contributed by atoms with Crippen molar-refractivity contribution in [2.45, 2.75) is 27.7 Å². The van der Waals surface area contributed by atoms with Crippen LogP contribution in [0.5, 0.6) is 0 Å². The summed E-state index contributed by atoms with van der Waals surface area (Å²) in [6.45, 7) is 9.80. The van der Waals surface area contributed by atoms with Gasteiger partial charge in [0.15, 0.2) is 0 Å². The summed E-state index contributed by atoms with van der Waals surface area (Å²) in [5, 5.41) is 0. The van der Waals surface area contributed by atoms with Crippen molar-refractivity contribution < 1.29 is 23.2 Å². The Morgan fingerprint density at radius 1 is 0.643 bits per heavy atom. The van der Waals surface area contributed by atoms with Gasteiger partial charge in [-0.1, -0.05) is 0 Å². The van der Waals surface area contributed by atoms with Crippen LogP contribution in [0.1, 0.15) is 27.7 Å². The molecular weight excluding hydrogens is 204 g/mol. The molecule has 0 amide bonds. The SMILES string of the molecule is CCO[Si](OCC)(OCC)OCC.[O]. The van der Waals surface area contributed by atoms with Crippen molar-refractivity contribution in [3.63, 3.8) is 0 Å². The summed E-state index contributed by atoms with van der Waals surface area (Å²) >= 11 is 0. The molecule has 0 heterocycles. The van der Waals surface area contributed by atoms with Crippen molar-refractivity contribution in [3.05, 3.63) is 0 Å². The summed E-state index contributed by atoms with van der Waals surface area (Å²) < 4.78 is 21.7. The van der Waals surface area contributed by atoms with Crippen LogP contribution in [0.15, 0.2) is 0 Å². The van der Waals surface area contributed by atoms with Gasteiger partial charge in [0.05, 0.1) is 0 Å². The quantitative estimate of drug-likeness (QED) is 0.585. The number of hydrogen-bond donors (Lipinski definition) is 0. The minimum atomic E-state index is -2.80. The first-order chi connectivity index (χ1) is 6.24. The smallest absolute Gasteiger partial charge is 0.351 e. The Kier molecular flexibility index (Phi) is 11.2. The highest BCUT2D eigenvalue weighted by molar-refractivity contribution is 6.53. The zero-order chi connectivity index (χ0) is 10.2. The van der Waals surface area contributed by atoms with Crippen molar-refractivity contribution >= 4 is 9.05 Å². The van der Waals surface area contributed by atoms with Crippen molar-refractivity contribution in [1.29, 1.82) is 0 Å². The van der Waals surface area contributed by atoms with E-state index in [0.29, 0.717) is 26.4 Å². The fourth-order valence-corrected chi connectivity index (χ4v) is 2.87. The summed E-state index contributed by atoms with van der Waals surface area (Å²) in [7, 11) is -2.80. The molecule has 14 heavy (non-hydrogen) atoms. The molecule has 0 atom stereocenters. The van der Waals surface area contributed by atoms with Crippen LogP contribution in [-0.4, -0.2) is 35.5 Å². The Hall–Kier alpha value is 0.0169. The summed E-state index contributed by atoms with van der Waals surface area (Å²) in [5.41, 5.74) is 0. The Morgan fingerprint density at radius 3 is 1.00 bits per heavy atom. The van der Waals surface area contributed by atoms with Crippen LogP contribution in [-0.2, 0) is 23.2 Å². The second-order valence-electron chi connectivity index (χ2n) is 2.23. The largest absolute Gasteiger partial charge is 0.679 e. The third-order valence-electron chi connectivity index (χ3n) is 1.28. The van der Waals surface area contributed by atoms with Gasteiger partial charge in [-0.05, 0) is 27.7 Å². The lowest BCUT2D eigenvalue weighted by atomic mass is 10.9. The number of rotatable bonds is 8. The maximum atomic E-state index is 5.42. The lowest BCUT2D eigenvalue weighted by Gasteiger charge is -2.26. The molecule has 0 aliphatic carbocycles. The molecule has 86 valence electrons. The predicted molar refractivity (Wildman–Crippen MR) is 52.9 cm³/mol. The lowest BCUT2D eigenvalue weighted by molar-refractivity contribution is -0.0247. The number of hydrogen-bond acceptors (Lipinski definition) is 4. The highest BCUT2D eigenvalue weighted by Gasteiger charge is 2.44. The van der Waals surface area contributed by atoms with Gasteiger partial charge in [-0.2, -0.15) is 0 Å². The summed E-state index contributed by atoms with van der Waals surface area (Å²) in [5.74, 6) is 0. The molecule has 0 bridgehead atoms. The molecule has 0 spiro atoms.